The van der Waals surface area contributed by atoms with Crippen LogP contribution >= 0.6 is 11.6 Å². The molecular weight excluding hydrogens is 226 g/mol. The Morgan fingerprint density at radius 2 is 2.12 bits per heavy atom. The van der Waals surface area contributed by atoms with E-state index >= 15 is 0 Å². The third kappa shape index (κ3) is 3.21. The standard InChI is InChI=1S/C10H18ClN5/c1-10(2,16(3)4)6-14-8-7(11)5-13-9(12)15-8/h5H,6H2,1-4H3,(H3,12,13,14,15). The van der Waals surface area contributed by atoms with Crippen LogP contribution in [0.15, 0.2) is 6.20 Å². The van der Waals surface area contributed by atoms with E-state index in [9.17, 15) is 0 Å². The van der Waals surface area contributed by atoms with Crippen LogP contribution in [0.4, 0.5) is 11.8 Å². The molecule has 90 valence electrons. The summed E-state index contributed by atoms with van der Waals surface area (Å²) in [4.78, 5) is 9.97. The minimum absolute atomic E-state index is 0.00302. The third-order valence-electron chi connectivity index (χ3n) is 2.66. The molecule has 0 aliphatic carbocycles. The molecular formula is C10H18ClN5. The van der Waals surface area contributed by atoms with Crippen LogP contribution in [-0.2, 0) is 0 Å². The molecule has 1 aromatic heterocycles. The number of nitrogens with two attached hydrogens (primary N) is 1. The minimum Gasteiger partial charge on any atom is -0.368 e. The van der Waals surface area contributed by atoms with Crippen LogP contribution in [0, 0.1) is 0 Å². The number of hydrogen-bond donors (Lipinski definition) is 2. The van der Waals surface area contributed by atoms with Gasteiger partial charge < -0.3 is 16.0 Å². The van der Waals surface area contributed by atoms with E-state index in [1.807, 2.05) is 14.1 Å². The van der Waals surface area contributed by atoms with Crippen molar-refractivity contribution in [1.82, 2.24) is 14.9 Å². The van der Waals surface area contributed by atoms with Crippen molar-refractivity contribution in [1.29, 1.82) is 0 Å². The lowest BCUT2D eigenvalue weighted by Crippen LogP contribution is -2.44. The summed E-state index contributed by atoms with van der Waals surface area (Å²) < 4.78 is 0. The fourth-order valence-electron chi connectivity index (χ4n) is 0.963. The maximum Gasteiger partial charge on any atom is 0.222 e. The summed E-state index contributed by atoms with van der Waals surface area (Å²) in [5, 5.41) is 3.65. The van der Waals surface area contributed by atoms with Gasteiger partial charge in [-0.2, -0.15) is 4.98 Å². The average Bonchev–Trinajstić information content (AvgIpc) is 2.19. The van der Waals surface area contributed by atoms with Crippen LogP contribution < -0.4 is 11.1 Å². The molecule has 0 amide bonds. The first-order chi connectivity index (χ1) is 7.33. The Labute approximate surface area is 101 Å². The summed E-state index contributed by atoms with van der Waals surface area (Å²) in [6.45, 7) is 4.97. The van der Waals surface area contributed by atoms with Crippen molar-refractivity contribution in [2.45, 2.75) is 19.4 Å². The van der Waals surface area contributed by atoms with E-state index in [-0.39, 0.29) is 11.5 Å². The highest BCUT2D eigenvalue weighted by Gasteiger charge is 2.20. The van der Waals surface area contributed by atoms with Crippen LogP contribution in [0.2, 0.25) is 5.02 Å². The second-order valence-corrected chi connectivity index (χ2v) is 4.89. The lowest BCUT2D eigenvalue weighted by Gasteiger charge is -2.32. The van der Waals surface area contributed by atoms with Crippen LogP contribution in [-0.4, -0.2) is 41.0 Å². The zero-order chi connectivity index (χ0) is 12.3. The molecule has 0 spiro atoms. The van der Waals surface area contributed by atoms with Crippen molar-refractivity contribution < 1.29 is 0 Å². The van der Waals surface area contributed by atoms with Crippen molar-refractivity contribution in [2.75, 3.05) is 31.7 Å². The zero-order valence-electron chi connectivity index (χ0n) is 10.1. The topological polar surface area (TPSA) is 67.1 Å². The second-order valence-electron chi connectivity index (χ2n) is 4.49. The maximum atomic E-state index is 5.95. The van der Waals surface area contributed by atoms with Crippen LogP contribution in [0.25, 0.3) is 0 Å². The van der Waals surface area contributed by atoms with Crippen LogP contribution in [0.1, 0.15) is 13.8 Å². The fourth-order valence-corrected chi connectivity index (χ4v) is 1.12. The number of likely N-dealkylation sites (N-methyl/N-ethyl adjacent to an activating group) is 1. The number of aromatic nitrogens is 2. The first-order valence-corrected chi connectivity index (χ1v) is 5.40. The Morgan fingerprint density at radius 1 is 1.50 bits per heavy atom. The van der Waals surface area contributed by atoms with Gasteiger partial charge in [0.1, 0.15) is 5.02 Å². The smallest absolute Gasteiger partial charge is 0.222 e. The normalized spacial score (nSPS) is 11.9. The van der Waals surface area contributed by atoms with Gasteiger partial charge in [0.2, 0.25) is 5.95 Å². The van der Waals surface area contributed by atoms with Gasteiger partial charge in [-0.1, -0.05) is 11.6 Å². The Kier molecular flexibility index (Phi) is 3.93. The maximum absolute atomic E-state index is 5.95. The summed E-state index contributed by atoms with van der Waals surface area (Å²) in [5.74, 6) is 0.790. The van der Waals surface area contributed by atoms with Crippen molar-refractivity contribution in [3.63, 3.8) is 0 Å². The molecule has 1 rings (SSSR count). The highest BCUT2D eigenvalue weighted by molar-refractivity contribution is 6.32. The molecule has 0 saturated heterocycles. The van der Waals surface area contributed by atoms with E-state index in [1.54, 1.807) is 0 Å². The largest absolute Gasteiger partial charge is 0.368 e. The molecule has 0 unspecified atom stereocenters. The highest BCUT2D eigenvalue weighted by Crippen LogP contribution is 2.20. The van der Waals surface area contributed by atoms with Gasteiger partial charge in [-0.25, -0.2) is 4.98 Å². The molecule has 3 N–H and O–H groups in total. The van der Waals surface area contributed by atoms with Gasteiger partial charge in [0.05, 0.1) is 6.20 Å². The summed E-state index contributed by atoms with van der Waals surface area (Å²) in [6, 6.07) is 0. The molecule has 0 atom stereocenters. The molecule has 0 fully saturated rings. The van der Waals surface area contributed by atoms with Crippen molar-refractivity contribution in [3.8, 4) is 0 Å². The summed E-state index contributed by atoms with van der Waals surface area (Å²) in [5.41, 5.74) is 5.50. The summed E-state index contributed by atoms with van der Waals surface area (Å²) in [7, 11) is 4.05. The van der Waals surface area contributed by atoms with Gasteiger partial charge in [-0.15, -0.1) is 0 Å². The molecule has 0 saturated carbocycles. The number of nitrogens with one attached hydrogen (secondary N) is 1. The highest BCUT2D eigenvalue weighted by atomic mass is 35.5. The molecule has 5 nitrogen and oxygen atoms in total. The minimum atomic E-state index is 0.00302. The fraction of sp³-hybridized carbons (Fsp3) is 0.600. The predicted octanol–water partition coefficient (Wildman–Crippen LogP) is 1.46. The first kappa shape index (κ1) is 13.0. The third-order valence-corrected chi connectivity index (χ3v) is 2.94. The van der Waals surface area contributed by atoms with E-state index in [0.717, 1.165) is 6.54 Å². The van der Waals surface area contributed by atoms with Crippen molar-refractivity contribution >= 4 is 23.4 Å². The molecule has 0 aliphatic heterocycles. The van der Waals surface area contributed by atoms with Gasteiger partial charge in [0.25, 0.3) is 0 Å². The van der Waals surface area contributed by atoms with Crippen LogP contribution in [0.3, 0.4) is 0 Å². The van der Waals surface area contributed by atoms with Gasteiger partial charge in [-0.05, 0) is 27.9 Å². The number of rotatable bonds is 4. The number of halogens is 1. The Hall–Kier alpha value is -1.07. The molecule has 0 aliphatic rings. The lowest BCUT2D eigenvalue weighted by atomic mass is 10.0. The molecule has 0 bridgehead atoms. The molecule has 1 heterocycles. The molecule has 6 heteroatoms. The number of anilines is 2. The second kappa shape index (κ2) is 4.84. The molecule has 16 heavy (non-hydrogen) atoms. The van der Waals surface area contributed by atoms with Gasteiger partial charge >= 0.3 is 0 Å². The molecule has 0 radical (unpaired) electrons. The van der Waals surface area contributed by atoms with Gasteiger partial charge in [0.15, 0.2) is 5.82 Å². The van der Waals surface area contributed by atoms with Gasteiger partial charge in [-0.3, -0.25) is 0 Å². The van der Waals surface area contributed by atoms with Crippen molar-refractivity contribution in [2.24, 2.45) is 0 Å². The quantitative estimate of drug-likeness (QED) is 0.838. The number of nitrogen functional groups attached to an aromatic ring is 1. The van der Waals surface area contributed by atoms with E-state index in [2.05, 4.69) is 34.0 Å². The van der Waals surface area contributed by atoms with Crippen LogP contribution in [0.5, 0.6) is 0 Å². The monoisotopic (exact) mass is 243 g/mol. The summed E-state index contributed by atoms with van der Waals surface area (Å²) in [6.07, 6.45) is 1.49. The van der Waals surface area contributed by atoms with Crippen molar-refractivity contribution in [3.05, 3.63) is 11.2 Å². The Morgan fingerprint density at radius 3 is 2.69 bits per heavy atom. The average molecular weight is 244 g/mol. The lowest BCUT2D eigenvalue weighted by molar-refractivity contribution is 0.210. The van der Waals surface area contributed by atoms with E-state index in [4.69, 9.17) is 17.3 Å². The number of nitrogens with zero attached hydrogens (tertiary/aromatic N) is 3. The zero-order valence-corrected chi connectivity index (χ0v) is 10.8. The predicted molar refractivity (Wildman–Crippen MR) is 67.7 cm³/mol. The first-order valence-electron chi connectivity index (χ1n) is 5.02. The van der Waals surface area contributed by atoms with E-state index in [1.165, 1.54) is 6.20 Å². The van der Waals surface area contributed by atoms with Gasteiger partial charge in [0, 0.05) is 12.1 Å². The van der Waals surface area contributed by atoms with E-state index in [0.29, 0.717) is 10.8 Å². The SMILES string of the molecule is CN(C)C(C)(C)CNc1nc(N)ncc1Cl. The summed E-state index contributed by atoms with van der Waals surface area (Å²) >= 11 is 5.95. The molecule has 0 aromatic carbocycles. The number of hydrogen-bond acceptors (Lipinski definition) is 5. The Balaban J connectivity index is 2.71. The molecule has 1 aromatic rings. The van der Waals surface area contributed by atoms with E-state index < -0.39 is 0 Å². The Bertz CT molecular complexity index is 364.